The van der Waals surface area contributed by atoms with Gasteiger partial charge in [-0.25, -0.2) is 0 Å². The molecule has 0 fully saturated rings. The van der Waals surface area contributed by atoms with Crippen LogP contribution in [0.1, 0.15) is 11.1 Å². The molecule has 0 saturated heterocycles. The second-order valence-corrected chi connectivity index (χ2v) is 4.85. The first-order valence-electron chi connectivity index (χ1n) is 6.79. The molecule has 0 aromatic heterocycles. The van der Waals surface area contributed by atoms with Gasteiger partial charge in [0.1, 0.15) is 0 Å². The number of methoxy groups -OCH3 is 1. The molecule has 5 nitrogen and oxygen atoms in total. The van der Waals surface area contributed by atoms with Crippen molar-refractivity contribution in [2.75, 3.05) is 45.8 Å². The summed E-state index contributed by atoms with van der Waals surface area (Å²) < 4.78 is 4.90. The molecule has 1 rings (SSSR count). The van der Waals surface area contributed by atoms with Gasteiger partial charge >= 0.3 is 0 Å². The van der Waals surface area contributed by atoms with E-state index in [1.165, 1.54) is 11.1 Å². The van der Waals surface area contributed by atoms with Crippen molar-refractivity contribution in [3.05, 3.63) is 29.3 Å². The number of nitrogens with one attached hydrogen (secondary N) is 2. The zero-order chi connectivity index (χ0) is 15.0. The number of carbonyl (C=O) groups is 1. The molecule has 0 aliphatic heterocycles. The standard InChI is InChI=1S/C15H25N3O2/c1-12-9-13(10-16-2)5-6-14(12)18(3)11-15(19)17-7-8-20-4/h5-6,9,16H,7-8,10-11H2,1-4H3,(H,17,19). The van der Waals surface area contributed by atoms with Gasteiger partial charge in [-0.3, -0.25) is 4.79 Å². The van der Waals surface area contributed by atoms with Crippen molar-refractivity contribution in [3.8, 4) is 0 Å². The maximum Gasteiger partial charge on any atom is 0.239 e. The number of benzene rings is 1. The lowest BCUT2D eigenvalue weighted by atomic mass is 10.1. The van der Waals surface area contributed by atoms with Crippen molar-refractivity contribution in [1.82, 2.24) is 10.6 Å². The second-order valence-electron chi connectivity index (χ2n) is 4.85. The van der Waals surface area contributed by atoms with Gasteiger partial charge in [-0.1, -0.05) is 12.1 Å². The topological polar surface area (TPSA) is 53.6 Å². The number of aryl methyl sites for hydroxylation is 1. The molecule has 20 heavy (non-hydrogen) atoms. The fraction of sp³-hybridized carbons (Fsp3) is 0.533. The number of hydrogen-bond acceptors (Lipinski definition) is 4. The normalized spacial score (nSPS) is 10.4. The predicted molar refractivity (Wildman–Crippen MR) is 82.1 cm³/mol. The van der Waals surface area contributed by atoms with Gasteiger partial charge in [-0.2, -0.15) is 0 Å². The van der Waals surface area contributed by atoms with E-state index in [0.717, 1.165) is 12.2 Å². The number of anilines is 1. The molecule has 0 aliphatic carbocycles. The minimum absolute atomic E-state index is 0.00301. The lowest BCUT2D eigenvalue weighted by Gasteiger charge is -2.21. The van der Waals surface area contributed by atoms with Crippen LogP contribution < -0.4 is 15.5 Å². The van der Waals surface area contributed by atoms with Crippen molar-refractivity contribution in [1.29, 1.82) is 0 Å². The van der Waals surface area contributed by atoms with Gasteiger partial charge in [-0.05, 0) is 31.2 Å². The molecule has 5 heteroatoms. The van der Waals surface area contributed by atoms with Gasteiger partial charge in [-0.15, -0.1) is 0 Å². The van der Waals surface area contributed by atoms with Crippen LogP contribution in [0.4, 0.5) is 5.69 Å². The molecule has 2 N–H and O–H groups in total. The van der Waals surface area contributed by atoms with E-state index in [1.54, 1.807) is 7.11 Å². The van der Waals surface area contributed by atoms with Gasteiger partial charge in [0.05, 0.1) is 13.2 Å². The van der Waals surface area contributed by atoms with Crippen LogP contribution in [-0.4, -0.2) is 46.8 Å². The molecule has 0 atom stereocenters. The first kappa shape index (κ1) is 16.5. The number of carbonyl (C=O) groups excluding carboxylic acids is 1. The van der Waals surface area contributed by atoms with Crippen LogP contribution >= 0.6 is 0 Å². The maximum atomic E-state index is 11.8. The van der Waals surface area contributed by atoms with E-state index < -0.39 is 0 Å². The Labute approximate surface area is 121 Å². The van der Waals surface area contributed by atoms with Crippen LogP contribution in [-0.2, 0) is 16.1 Å². The average molecular weight is 279 g/mol. The van der Waals surface area contributed by atoms with E-state index >= 15 is 0 Å². The van der Waals surface area contributed by atoms with E-state index in [1.807, 2.05) is 19.0 Å². The van der Waals surface area contributed by atoms with Gasteiger partial charge in [0.15, 0.2) is 0 Å². The Kier molecular flexibility index (Phi) is 7.04. The lowest BCUT2D eigenvalue weighted by Crippen LogP contribution is -2.36. The predicted octanol–water partition coefficient (Wildman–Crippen LogP) is 0.913. The quantitative estimate of drug-likeness (QED) is 0.695. The summed E-state index contributed by atoms with van der Waals surface area (Å²) in [6.07, 6.45) is 0. The summed E-state index contributed by atoms with van der Waals surface area (Å²) in [6, 6.07) is 6.29. The summed E-state index contributed by atoms with van der Waals surface area (Å²) in [5.41, 5.74) is 3.49. The molecule has 1 amide bonds. The minimum Gasteiger partial charge on any atom is -0.383 e. The third-order valence-corrected chi connectivity index (χ3v) is 3.06. The Morgan fingerprint density at radius 3 is 2.75 bits per heavy atom. The number of likely N-dealkylation sites (N-methyl/N-ethyl adjacent to an activating group) is 1. The first-order valence-corrected chi connectivity index (χ1v) is 6.79. The summed E-state index contributed by atoms with van der Waals surface area (Å²) in [6.45, 7) is 4.34. The summed E-state index contributed by atoms with van der Waals surface area (Å²) in [4.78, 5) is 13.7. The zero-order valence-electron chi connectivity index (χ0n) is 12.8. The Morgan fingerprint density at radius 2 is 2.15 bits per heavy atom. The molecule has 112 valence electrons. The molecule has 0 bridgehead atoms. The van der Waals surface area contributed by atoms with Gasteiger partial charge < -0.3 is 20.3 Å². The summed E-state index contributed by atoms with van der Waals surface area (Å²) in [5.74, 6) is 0.00301. The molecule has 1 aromatic rings. The lowest BCUT2D eigenvalue weighted by molar-refractivity contribution is -0.119. The smallest absolute Gasteiger partial charge is 0.239 e. The average Bonchev–Trinajstić information content (AvgIpc) is 2.39. The minimum atomic E-state index is 0.00301. The third-order valence-electron chi connectivity index (χ3n) is 3.06. The number of amides is 1. The number of nitrogens with zero attached hydrogens (tertiary/aromatic N) is 1. The van der Waals surface area contributed by atoms with Crippen LogP contribution in [0.25, 0.3) is 0 Å². The molecule has 0 saturated carbocycles. The highest BCUT2D eigenvalue weighted by molar-refractivity contribution is 5.81. The molecule has 0 spiro atoms. The van der Waals surface area contributed by atoms with E-state index in [9.17, 15) is 4.79 Å². The van der Waals surface area contributed by atoms with Crippen molar-refractivity contribution in [2.45, 2.75) is 13.5 Å². The molecule has 0 heterocycles. The monoisotopic (exact) mass is 279 g/mol. The fourth-order valence-electron chi connectivity index (χ4n) is 2.11. The highest BCUT2D eigenvalue weighted by atomic mass is 16.5. The molecule has 1 aromatic carbocycles. The van der Waals surface area contributed by atoms with E-state index in [2.05, 4.69) is 35.8 Å². The Hall–Kier alpha value is -1.59. The number of ether oxygens (including phenoxy) is 1. The first-order chi connectivity index (χ1) is 9.58. The summed E-state index contributed by atoms with van der Waals surface area (Å²) in [7, 11) is 5.48. The zero-order valence-corrected chi connectivity index (χ0v) is 12.8. The van der Waals surface area contributed by atoms with E-state index in [-0.39, 0.29) is 5.91 Å². The van der Waals surface area contributed by atoms with E-state index in [0.29, 0.717) is 19.7 Å². The highest BCUT2D eigenvalue weighted by Gasteiger charge is 2.09. The van der Waals surface area contributed by atoms with Crippen molar-refractivity contribution in [2.24, 2.45) is 0 Å². The SMILES string of the molecule is CNCc1ccc(N(C)CC(=O)NCCOC)c(C)c1. The van der Waals surface area contributed by atoms with Crippen molar-refractivity contribution >= 4 is 11.6 Å². The summed E-state index contributed by atoms with van der Waals surface area (Å²) in [5, 5.41) is 5.95. The number of rotatable bonds is 8. The second kappa shape index (κ2) is 8.55. The van der Waals surface area contributed by atoms with Crippen molar-refractivity contribution in [3.63, 3.8) is 0 Å². The van der Waals surface area contributed by atoms with Crippen LogP contribution in [0.3, 0.4) is 0 Å². The van der Waals surface area contributed by atoms with Gasteiger partial charge in [0.2, 0.25) is 5.91 Å². The molecule has 0 unspecified atom stereocenters. The molecular formula is C15H25N3O2. The van der Waals surface area contributed by atoms with Crippen LogP contribution in [0, 0.1) is 6.92 Å². The van der Waals surface area contributed by atoms with Gasteiger partial charge in [0.25, 0.3) is 0 Å². The molecule has 0 aliphatic rings. The van der Waals surface area contributed by atoms with E-state index in [4.69, 9.17) is 4.74 Å². The van der Waals surface area contributed by atoms with Crippen molar-refractivity contribution < 1.29 is 9.53 Å². The highest BCUT2D eigenvalue weighted by Crippen LogP contribution is 2.19. The number of hydrogen-bond donors (Lipinski definition) is 2. The Bertz CT molecular complexity index is 435. The van der Waals surface area contributed by atoms with Crippen LogP contribution in [0.15, 0.2) is 18.2 Å². The third kappa shape index (κ3) is 5.19. The Balaban J connectivity index is 2.58. The Morgan fingerprint density at radius 1 is 1.40 bits per heavy atom. The molecule has 0 radical (unpaired) electrons. The molecular weight excluding hydrogens is 254 g/mol. The maximum absolute atomic E-state index is 11.8. The summed E-state index contributed by atoms with van der Waals surface area (Å²) >= 11 is 0. The van der Waals surface area contributed by atoms with Crippen LogP contribution in [0.5, 0.6) is 0 Å². The van der Waals surface area contributed by atoms with Gasteiger partial charge in [0, 0.05) is 32.9 Å². The van der Waals surface area contributed by atoms with Crippen LogP contribution in [0.2, 0.25) is 0 Å². The fourth-order valence-corrected chi connectivity index (χ4v) is 2.11. The largest absolute Gasteiger partial charge is 0.383 e.